The SMILES string of the molecule is CS(=O)(=O)N1CCc2cc(C(=O)N[C@@H](c3ccc(F)cc3)[C@@H]3CCCO3)ccc21. The van der Waals surface area contributed by atoms with E-state index in [9.17, 15) is 17.6 Å². The molecule has 0 spiro atoms. The Morgan fingerprint density at radius 3 is 2.66 bits per heavy atom. The third-order valence-electron chi connectivity index (χ3n) is 5.45. The van der Waals surface area contributed by atoms with E-state index in [0.29, 0.717) is 30.8 Å². The first-order chi connectivity index (χ1) is 13.8. The zero-order valence-corrected chi connectivity index (χ0v) is 16.9. The van der Waals surface area contributed by atoms with E-state index >= 15 is 0 Å². The fourth-order valence-corrected chi connectivity index (χ4v) is 4.97. The minimum absolute atomic E-state index is 0.167. The summed E-state index contributed by atoms with van der Waals surface area (Å²) in [6.45, 7) is 1.02. The van der Waals surface area contributed by atoms with E-state index in [0.717, 1.165) is 24.0 Å². The minimum atomic E-state index is -3.33. The van der Waals surface area contributed by atoms with Crippen molar-refractivity contribution < 1.29 is 22.3 Å². The molecule has 2 aromatic carbocycles. The van der Waals surface area contributed by atoms with E-state index in [2.05, 4.69) is 5.32 Å². The van der Waals surface area contributed by atoms with E-state index in [1.165, 1.54) is 22.7 Å². The van der Waals surface area contributed by atoms with Crippen molar-refractivity contribution in [1.82, 2.24) is 5.32 Å². The Morgan fingerprint density at radius 2 is 2.00 bits per heavy atom. The van der Waals surface area contributed by atoms with E-state index < -0.39 is 10.0 Å². The monoisotopic (exact) mass is 418 g/mol. The number of fused-ring (bicyclic) bond motifs is 1. The van der Waals surface area contributed by atoms with Crippen LogP contribution in [0.25, 0.3) is 0 Å². The summed E-state index contributed by atoms with van der Waals surface area (Å²) < 4.78 is 44.3. The molecule has 1 N–H and O–H groups in total. The zero-order valence-electron chi connectivity index (χ0n) is 16.1. The van der Waals surface area contributed by atoms with Crippen molar-refractivity contribution in [2.24, 2.45) is 0 Å². The molecule has 6 nitrogen and oxygen atoms in total. The molecule has 0 radical (unpaired) electrons. The summed E-state index contributed by atoms with van der Waals surface area (Å²) in [4.78, 5) is 13.0. The van der Waals surface area contributed by atoms with Crippen molar-refractivity contribution in [3.8, 4) is 0 Å². The van der Waals surface area contributed by atoms with Crippen LogP contribution in [0.1, 0.15) is 40.4 Å². The maximum absolute atomic E-state index is 13.3. The zero-order chi connectivity index (χ0) is 20.6. The van der Waals surface area contributed by atoms with Gasteiger partial charge in [-0.2, -0.15) is 0 Å². The maximum atomic E-state index is 13.3. The molecule has 1 fully saturated rings. The van der Waals surface area contributed by atoms with Crippen LogP contribution in [-0.4, -0.2) is 39.8 Å². The number of halogens is 1. The second-order valence-electron chi connectivity index (χ2n) is 7.48. The fraction of sp³-hybridized carbons (Fsp3) is 0.381. The van der Waals surface area contributed by atoms with Crippen molar-refractivity contribution in [3.63, 3.8) is 0 Å². The van der Waals surface area contributed by atoms with Crippen LogP contribution in [0, 0.1) is 5.82 Å². The van der Waals surface area contributed by atoms with E-state index in [1.807, 2.05) is 0 Å². The van der Waals surface area contributed by atoms with Gasteiger partial charge in [-0.25, -0.2) is 12.8 Å². The normalized spacial score (nSPS) is 19.8. The third kappa shape index (κ3) is 4.13. The van der Waals surface area contributed by atoms with Gasteiger partial charge in [0, 0.05) is 18.7 Å². The molecule has 0 bridgehead atoms. The van der Waals surface area contributed by atoms with Gasteiger partial charge in [0.05, 0.1) is 24.1 Å². The number of ether oxygens (including phenoxy) is 1. The van der Waals surface area contributed by atoms with E-state index in [4.69, 9.17) is 4.74 Å². The molecule has 0 unspecified atom stereocenters. The molecule has 2 aliphatic heterocycles. The molecular formula is C21H23FN2O4S. The van der Waals surface area contributed by atoms with Gasteiger partial charge in [-0.15, -0.1) is 0 Å². The van der Waals surface area contributed by atoms with Gasteiger partial charge < -0.3 is 10.1 Å². The Labute approximate surface area is 169 Å². The highest BCUT2D eigenvalue weighted by atomic mass is 32.2. The van der Waals surface area contributed by atoms with Crippen LogP contribution in [-0.2, 0) is 21.2 Å². The Bertz CT molecular complexity index is 1020. The first-order valence-electron chi connectivity index (χ1n) is 9.61. The van der Waals surface area contributed by atoms with Crippen LogP contribution in [0.2, 0.25) is 0 Å². The van der Waals surface area contributed by atoms with Crippen molar-refractivity contribution in [3.05, 3.63) is 65.0 Å². The maximum Gasteiger partial charge on any atom is 0.251 e. The van der Waals surface area contributed by atoms with Crippen molar-refractivity contribution in [2.75, 3.05) is 23.7 Å². The van der Waals surface area contributed by atoms with Crippen LogP contribution in [0.3, 0.4) is 0 Å². The summed E-state index contributed by atoms with van der Waals surface area (Å²) in [6.07, 6.45) is 3.31. The largest absolute Gasteiger partial charge is 0.376 e. The number of hydrogen-bond acceptors (Lipinski definition) is 4. The number of hydrogen-bond donors (Lipinski definition) is 1. The standard InChI is InChI=1S/C21H23FN2O4S/c1-29(26,27)24-11-10-15-13-16(6-9-18(15)24)21(25)23-20(19-3-2-12-28-19)14-4-7-17(22)8-5-14/h4-9,13,19-20H,2-3,10-12H2,1H3,(H,23,25)/t19-,20-/m0/s1. The molecule has 4 rings (SSSR count). The lowest BCUT2D eigenvalue weighted by molar-refractivity contribution is 0.0672. The molecular weight excluding hydrogens is 395 g/mol. The number of sulfonamides is 1. The minimum Gasteiger partial charge on any atom is -0.376 e. The van der Waals surface area contributed by atoms with Gasteiger partial charge in [-0.3, -0.25) is 9.10 Å². The quantitative estimate of drug-likeness (QED) is 0.810. The average Bonchev–Trinajstić information content (AvgIpc) is 3.35. The Kier molecular flexibility index (Phi) is 5.31. The number of carbonyl (C=O) groups is 1. The van der Waals surface area contributed by atoms with Crippen molar-refractivity contribution in [2.45, 2.75) is 31.4 Å². The van der Waals surface area contributed by atoms with Gasteiger partial charge >= 0.3 is 0 Å². The molecule has 2 aromatic rings. The van der Waals surface area contributed by atoms with Crippen molar-refractivity contribution >= 4 is 21.6 Å². The predicted molar refractivity (Wildman–Crippen MR) is 108 cm³/mol. The number of nitrogens with zero attached hydrogens (tertiary/aromatic N) is 1. The van der Waals surface area contributed by atoms with Gasteiger partial charge in [0.25, 0.3) is 5.91 Å². The molecule has 2 atom stereocenters. The van der Waals surface area contributed by atoms with Crippen molar-refractivity contribution in [1.29, 1.82) is 0 Å². The predicted octanol–water partition coefficient (Wildman–Crippen LogP) is 2.80. The fourth-order valence-electron chi connectivity index (χ4n) is 4.01. The second-order valence-corrected chi connectivity index (χ2v) is 9.39. The number of anilines is 1. The lowest BCUT2D eigenvalue weighted by atomic mass is 9.98. The number of carbonyl (C=O) groups excluding carboxylic acids is 1. The molecule has 1 saturated heterocycles. The lowest BCUT2D eigenvalue weighted by Gasteiger charge is -2.25. The van der Waals surface area contributed by atoms with Crippen LogP contribution in [0.5, 0.6) is 0 Å². The van der Waals surface area contributed by atoms with E-state index in [-0.39, 0.29) is 23.9 Å². The summed E-state index contributed by atoms with van der Waals surface area (Å²) in [6, 6.07) is 10.7. The summed E-state index contributed by atoms with van der Waals surface area (Å²) in [7, 11) is -3.33. The average molecular weight is 418 g/mol. The number of nitrogens with one attached hydrogen (secondary N) is 1. The molecule has 154 valence electrons. The van der Waals surface area contributed by atoms with Gasteiger partial charge in [-0.1, -0.05) is 12.1 Å². The van der Waals surface area contributed by atoms with Crippen LogP contribution >= 0.6 is 0 Å². The topological polar surface area (TPSA) is 75.7 Å². The summed E-state index contributed by atoms with van der Waals surface area (Å²) in [5, 5.41) is 3.03. The van der Waals surface area contributed by atoms with Gasteiger partial charge in [0.2, 0.25) is 10.0 Å². The van der Waals surface area contributed by atoms with Crippen LogP contribution in [0.15, 0.2) is 42.5 Å². The highest BCUT2D eigenvalue weighted by Gasteiger charge is 2.30. The number of amides is 1. The second kappa shape index (κ2) is 7.76. The molecule has 1 amide bonds. The first kappa shape index (κ1) is 19.8. The summed E-state index contributed by atoms with van der Waals surface area (Å²) in [5.74, 6) is -0.601. The number of benzene rings is 2. The third-order valence-corrected chi connectivity index (χ3v) is 6.63. The van der Waals surface area contributed by atoms with Crippen LogP contribution in [0.4, 0.5) is 10.1 Å². The summed E-state index contributed by atoms with van der Waals surface area (Å²) in [5.41, 5.74) is 2.71. The van der Waals surface area contributed by atoms with Gasteiger partial charge in [0.15, 0.2) is 0 Å². The molecule has 2 aliphatic rings. The highest BCUT2D eigenvalue weighted by molar-refractivity contribution is 7.92. The van der Waals surface area contributed by atoms with E-state index in [1.54, 1.807) is 30.3 Å². The smallest absolute Gasteiger partial charge is 0.251 e. The Balaban J connectivity index is 1.57. The molecule has 0 aliphatic carbocycles. The summed E-state index contributed by atoms with van der Waals surface area (Å²) >= 11 is 0. The lowest BCUT2D eigenvalue weighted by Crippen LogP contribution is -2.36. The van der Waals surface area contributed by atoms with Gasteiger partial charge in [0.1, 0.15) is 5.82 Å². The van der Waals surface area contributed by atoms with Gasteiger partial charge in [-0.05, 0) is 60.7 Å². The molecule has 8 heteroatoms. The Hall–Kier alpha value is -2.45. The van der Waals surface area contributed by atoms with Crippen LogP contribution < -0.4 is 9.62 Å². The molecule has 29 heavy (non-hydrogen) atoms. The molecule has 2 heterocycles. The molecule has 0 saturated carbocycles. The molecule has 0 aromatic heterocycles. The highest BCUT2D eigenvalue weighted by Crippen LogP contribution is 2.32. The number of rotatable bonds is 5. The Morgan fingerprint density at radius 1 is 1.24 bits per heavy atom. The first-order valence-corrected chi connectivity index (χ1v) is 11.5.